The molecule has 0 aromatic heterocycles. The summed E-state index contributed by atoms with van der Waals surface area (Å²) in [4.78, 5) is 14.5. The Bertz CT molecular complexity index is 742. The van der Waals surface area contributed by atoms with Crippen LogP contribution in [0.4, 0.5) is 4.39 Å². The molecule has 25 heavy (non-hydrogen) atoms. The molecule has 3 nitrogen and oxygen atoms in total. The number of nitrogens with zero attached hydrogens (tertiary/aromatic N) is 1. The molecule has 0 bridgehead atoms. The zero-order valence-corrected chi connectivity index (χ0v) is 14.5. The molecule has 1 heterocycles. The summed E-state index contributed by atoms with van der Waals surface area (Å²) in [5, 5.41) is 9.01. The molecule has 1 aliphatic rings. The zero-order chi connectivity index (χ0) is 17.8. The third kappa shape index (κ3) is 3.90. The van der Waals surface area contributed by atoms with Gasteiger partial charge in [0.05, 0.1) is 5.56 Å². The minimum Gasteiger partial charge on any atom is -0.396 e. The van der Waals surface area contributed by atoms with Crippen LogP contribution in [0.3, 0.4) is 0 Å². The van der Waals surface area contributed by atoms with Gasteiger partial charge >= 0.3 is 0 Å². The summed E-state index contributed by atoms with van der Waals surface area (Å²) in [6.07, 6.45) is 3.30. The van der Waals surface area contributed by atoms with Gasteiger partial charge in [-0.25, -0.2) is 4.39 Å². The van der Waals surface area contributed by atoms with E-state index in [0.29, 0.717) is 13.0 Å². The van der Waals surface area contributed by atoms with Gasteiger partial charge in [-0.1, -0.05) is 35.9 Å². The van der Waals surface area contributed by atoms with E-state index in [9.17, 15) is 9.18 Å². The standard InChI is InChI=1S/C21H24FNO2/c1-15-6-8-16(9-7-15)17-10-11-19(20(22)14-17)21(25)23-12-2-4-18(23)5-3-13-24/h6-11,14,18,24H,2-5,12-13H2,1H3. The van der Waals surface area contributed by atoms with E-state index in [-0.39, 0.29) is 24.1 Å². The number of hydrogen-bond acceptors (Lipinski definition) is 2. The molecule has 1 amide bonds. The van der Waals surface area contributed by atoms with E-state index in [1.165, 1.54) is 6.07 Å². The van der Waals surface area contributed by atoms with Crippen LogP contribution >= 0.6 is 0 Å². The molecule has 1 saturated heterocycles. The average Bonchev–Trinajstić information content (AvgIpc) is 3.08. The lowest BCUT2D eigenvalue weighted by atomic mass is 10.0. The Morgan fingerprint density at radius 1 is 1.20 bits per heavy atom. The second-order valence-corrected chi connectivity index (χ2v) is 6.72. The van der Waals surface area contributed by atoms with Crippen molar-refractivity contribution in [1.29, 1.82) is 0 Å². The van der Waals surface area contributed by atoms with Crippen LogP contribution in [-0.2, 0) is 0 Å². The van der Waals surface area contributed by atoms with Crippen molar-refractivity contribution >= 4 is 5.91 Å². The lowest BCUT2D eigenvalue weighted by Gasteiger charge is -2.25. The number of benzene rings is 2. The predicted molar refractivity (Wildman–Crippen MR) is 97.0 cm³/mol. The highest BCUT2D eigenvalue weighted by atomic mass is 19.1. The number of aliphatic hydroxyl groups is 1. The van der Waals surface area contributed by atoms with E-state index < -0.39 is 5.82 Å². The van der Waals surface area contributed by atoms with Crippen molar-refractivity contribution in [2.24, 2.45) is 0 Å². The molecule has 132 valence electrons. The number of amides is 1. The molecule has 3 rings (SSSR count). The van der Waals surface area contributed by atoms with E-state index in [1.54, 1.807) is 17.0 Å². The Morgan fingerprint density at radius 2 is 1.92 bits per heavy atom. The largest absolute Gasteiger partial charge is 0.396 e. The van der Waals surface area contributed by atoms with Crippen LogP contribution in [0.5, 0.6) is 0 Å². The van der Waals surface area contributed by atoms with Gasteiger partial charge in [-0.2, -0.15) is 0 Å². The number of likely N-dealkylation sites (tertiary alicyclic amines) is 1. The second kappa shape index (κ2) is 7.79. The number of hydrogen-bond donors (Lipinski definition) is 1. The lowest BCUT2D eigenvalue weighted by molar-refractivity contribution is 0.0720. The van der Waals surface area contributed by atoms with Crippen LogP contribution in [0.25, 0.3) is 11.1 Å². The Kier molecular flexibility index (Phi) is 5.49. The smallest absolute Gasteiger partial charge is 0.257 e. The molecular weight excluding hydrogens is 317 g/mol. The predicted octanol–water partition coefficient (Wildman–Crippen LogP) is 4.18. The van der Waals surface area contributed by atoms with Crippen molar-refractivity contribution in [3.63, 3.8) is 0 Å². The van der Waals surface area contributed by atoms with Crippen LogP contribution in [0, 0.1) is 12.7 Å². The SMILES string of the molecule is Cc1ccc(-c2ccc(C(=O)N3CCCC3CCCO)c(F)c2)cc1. The second-order valence-electron chi connectivity index (χ2n) is 6.72. The topological polar surface area (TPSA) is 40.5 Å². The highest BCUT2D eigenvalue weighted by molar-refractivity contribution is 5.95. The number of halogens is 1. The quantitative estimate of drug-likeness (QED) is 0.886. The van der Waals surface area contributed by atoms with Gasteiger partial charge in [0.25, 0.3) is 5.91 Å². The maximum absolute atomic E-state index is 14.6. The summed E-state index contributed by atoms with van der Waals surface area (Å²) in [7, 11) is 0. The monoisotopic (exact) mass is 341 g/mol. The van der Waals surface area contributed by atoms with Crippen LogP contribution in [-0.4, -0.2) is 35.1 Å². The van der Waals surface area contributed by atoms with Gasteiger partial charge in [-0.05, 0) is 55.9 Å². The van der Waals surface area contributed by atoms with Crippen molar-refractivity contribution in [2.45, 2.75) is 38.6 Å². The van der Waals surface area contributed by atoms with Gasteiger partial charge in [0.2, 0.25) is 0 Å². The molecule has 1 N–H and O–H groups in total. The lowest BCUT2D eigenvalue weighted by Crippen LogP contribution is -2.36. The number of aliphatic hydroxyl groups excluding tert-OH is 1. The third-order valence-electron chi connectivity index (χ3n) is 4.92. The molecule has 1 unspecified atom stereocenters. The molecule has 0 radical (unpaired) electrons. The number of aryl methyl sites for hydroxylation is 1. The van der Waals surface area contributed by atoms with E-state index >= 15 is 0 Å². The normalized spacial score (nSPS) is 17.1. The van der Waals surface area contributed by atoms with E-state index in [0.717, 1.165) is 36.0 Å². The first-order chi connectivity index (χ1) is 12.1. The van der Waals surface area contributed by atoms with Gasteiger partial charge in [-0.15, -0.1) is 0 Å². The van der Waals surface area contributed by atoms with E-state index in [2.05, 4.69) is 0 Å². The van der Waals surface area contributed by atoms with Crippen molar-refractivity contribution in [1.82, 2.24) is 4.90 Å². The summed E-state index contributed by atoms with van der Waals surface area (Å²) >= 11 is 0. The van der Waals surface area contributed by atoms with Crippen LogP contribution < -0.4 is 0 Å². The van der Waals surface area contributed by atoms with Gasteiger partial charge < -0.3 is 10.0 Å². The molecule has 0 aliphatic carbocycles. The van der Waals surface area contributed by atoms with Crippen molar-refractivity contribution in [2.75, 3.05) is 13.2 Å². The van der Waals surface area contributed by atoms with E-state index in [1.807, 2.05) is 31.2 Å². The Morgan fingerprint density at radius 3 is 2.60 bits per heavy atom. The summed E-state index contributed by atoms with van der Waals surface area (Å²) < 4.78 is 14.6. The molecule has 2 aromatic rings. The fourth-order valence-electron chi connectivity index (χ4n) is 3.50. The summed E-state index contributed by atoms with van der Waals surface area (Å²) in [6, 6.07) is 12.8. The maximum atomic E-state index is 14.6. The Labute approximate surface area is 148 Å². The molecule has 4 heteroatoms. The summed E-state index contributed by atoms with van der Waals surface area (Å²) in [5.74, 6) is -0.718. The van der Waals surface area contributed by atoms with Crippen LogP contribution in [0.15, 0.2) is 42.5 Å². The number of rotatable bonds is 5. The fraction of sp³-hybridized carbons (Fsp3) is 0.381. The minimum atomic E-state index is -0.476. The average molecular weight is 341 g/mol. The first-order valence-corrected chi connectivity index (χ1v) is 8.88. The molecular formula is C21H24FNO2. The van der Waals surface area contributed by atoms with Gasteiger partial charge in [0, 0.05) is 19.2 Å². The molecule has 1 aliphatic heterocycles. The molecule has 1 fully saturated rings. The molecule has 1 atom stereocenters. The Balaban J connectivity index is 1.80. The van der Waals surface area contributed by atoms with Crippen LogP contribution in [0.1, 0.15) is 41.6 Å². The maximum Gasteiger partial charge on any atom is 0.257 e. The summed E-state index contributed by atoms with van der Waals surface area (Å²) in [5.41, 5.74) is 2.99. The van der Waals surface area contributed by atoms with Crippen molar-refractivity contribution in [3.8, 4) is 11.1 Å². The highest BCUT2D eigenvalue weighted by Crippen LogP contribution is 2.27. The minimum absolute atomic E-state index is 0.107. The van der Waals surface area contributed by atoms with Gasteiger partial charge in [0.15, 0.2) is 0 Å². The molecule has 0 spiro atoms. The first-order valence-electron chi connectivity index (χ1n) is 8.88. The fourth-order valence-corrected chi connectivity index (χ4v) is 3.50. The Hall–Kier alpha value is -2.20. The van der Waals surface area contributed by atoms with Gasteiger partial charge in [0.1, 0.15) is 5.82 Å². The van der Waals surface area contributed by atoms with Crippen LogP contribution in [0.2, 0.25) is 0 Å². The number of carbonyl (C=O) groups excluding carboxylic acids is 1. The van der Waals surface area contributed by atoms with Gasteiger partial charge in [-0.3, -0.25) is 4.79 Å². The first kappa shape index (κ1) is 17.6. The summed E-state index contributed by atoms with van der Waals surface area (Å²) in [6.45, 7) is 2.79. The molecule has 2 aromatic carbocycles. The van der Waals surface area contributed by atoms with Crippen molar-refractivity contribution < 1.29 is 14.3 Å². The van der Waals surface area contributed by atoms with Crippen molar-refractivity contribution in [3.05, 3.63) is 59.4 Å². The molecule has 0 saturated carbocycles. The van der Waals surface area contributed by atoms with E-state index in [4.69, 9.17) is 5.11 Å². The number of carbonyl (C=O) groups is 1. The highest BCUT2D eigenvalue weighted by Gasteiger charge is 2.30. The zero-order valence-electron chi connectivity index (χ0n) is 14.5. The third-order valence-corrected chi connectivity index (χ3v) is 4.92.